The number of thiazole rings is 1. The van der Waals surface area contributed by atoms with Crippen molar-refractivity contribution in [1.82, 2.24) is 15.2 Å². The molecular weight excluding hydrogens is 480 g/mol. The lowest BCUT2D eigenvalue weighted by atomic mass is 10.0. The number of hydrogen-bond acceptors (Lipinski definition) is 9. The zero-order valence-corrected chi connectivity index (χ0v) is 19.6. The number of pyridine rings is 1. The topological polar surface area (TPSA) is 151 Å². The predicted octanol–water partition coefficient (Wildman–Crippen LogP) is 0.358. The molecule has 0 spiro atoms. The van der Waals surface area contributed by atoms with Gasteiger partial charge in [0, 0.05) is 23.3 Å². The molecule has 11 nitrogen and oxygen atoms in total. The van der Waals surface area contributed by atoms with E-state index < -0.39 is 29.2 Å². The summed E-state index contributed by atoms with van der Waals surface area (Å²) in [5.41, 5.74) is 6.18. The molecule has 4 N–H and O–H groups in total. The molecule has 2 aromatic heterocycles. The smallest absolute Gasteiger partial charge is 0.352 e. The Morgan fingerprint density at radius 2 is 2.18 bits per heavy atom. The van der Waals surface area contributed by atoms with Gasteiger partial charge in [0.1, 0.15) is 29.9 Å². The molecule has 2 amide bonds. The minimum Gasteiger partial charge on any atom is -0.477 e. The quantitative estimate of drug-likeness (QED) is 0.203. The van der Waals surface area contributed by atoms with Crippen LogP contribution >= 0.6 is 23.1 Å². The first-order valence-corrected chi connectivity index (χ1v) is 12.0. The molecule has 0 saturated carbocycles. The Balaban J connectivity index is 1.49. The number of nitrogens with one attached hydrogen (secondary N) is 1. The van der Waals surface area contributed by atoms with E-state index in [0.717, 1.165) is 11.3 Å². The highest BCUT2D eigenvalue weighted by Gasteiger charge is 2.54. The lowest BCUT2D eigenvalue weighted by Gasteiger charge is -2.49. The molecule has 1 saturated heterocycles. The van der Waals surface area contributed by atoms with Gasteiger partial charge < -0.3 is 21.0 Å². The molecule has 13 heteroatoms. The number of amides is 2. The maximum atomic E-state index is 12.9. The maximum Gasteiger partial charge on any atom is 0.352 e. The summed E-state index contributed by atoms with van der Waals surface area (Å²) in [7, 11) is 1.28. The normalized spacial score (nSPS) is 20.2. The van der Waals surface area contributed by atoms with Crippen LogP contribution < -0.4 is 15.6 Å². The van der Waals surface area contributed by atoms with E-state index in [1.807, 2.05) is 41.2 Å². The fourth-order valence-electron chi connectivity index (χ4n) is 3.55. The number of fused-ring (bicyclic) bond motifs is 1. The van der Waals surface area contributed by atoms with Crippen molar-refractivity contribution < 1.29 is 28.9 Å². The summed E-state index contributed by atoms with van der Waals surface area (Å²) in [6.07, 6.45) is 7.36. The lowest BCUT2D eigenvalue weighted by molar-refractivity contribution is -0.687. The molecule has 4 heterocycles. The Hall–Kier alpha value is -3.71. The van der Waals surface area contributed by atoms with Crippen LogP contribution in [0.15, 0.2) is 64.6 Å². The third kappa shape index (κ3) is 4.65. The number of allylic oxidation sites excluding steroid dienone is 2. The fourth-order valence-corrected chi connectivity index (χ4v) is 5.41. The number of nitrogens with two attached hydrogens (primary N) is 1. The van der Waals surface area contributed by atoms with E-state index in [1.54, 1.807) is 11.5 Å². The van der Waals surface area contributed by atoms with Crippen molar-refractivity contribution in [2.75, 3.05) is 18.6 Å². The highest BCUT2D eigenvalue weighted by Crippen LogP contribution is 2.40. The van der Waals surface area contributed by atoms with Crippen LogP contribution in [0.1, 0.15) is 5.69 Å². The highest BCUT2D eigenvalue weighted by molar-refractivity contribution is 8.00. The Kier molecular flexibility index (Phi) is 6.93. The number of aromatic nitrogens is 2. The number of carboxylic acid groups (broad SMARTS) is 1. The van der Waals surface area contributed by atoms with Crippen molar-refractivity contribution in [1.29, 1.82) is 0 Å². The first-order valence-electron chi connectivity index (χ1n) is 10.1. The molecule has 2 aliphatic heterocycles. The van der Waals surface area contributed by atoms with Gasteiger partial charge in [-0.1, -0.05) is 17.3 Å². The fraction of sp³-hybridized carbons (Fsp3) is 0.238. The van der Waals surface area contributed by atoms with Crippen molar-refractivity contribution in [3.63, 3.8) is 0 Å². The zero-order chi connectivity index (χ0) is 24.2. The van der Waals surface area contributed by atoms with Crippen LogP contribution in [0.3, 0.4) is 0 Å². The third-order valence-corrected chi connectivity index (χ3v) is 7.04. The first-order chi connectivity index (χ1) is 16.4. The summed E-state index contributed by atoms with van der Waals surface area (Å²) in [4.78, 5) is 47.7. The number of anilines is 1. The molecule has 0 aromatic carbocycles. The highest BCUT2D eigenvalue weighted by atomic mass is 32.2. The van der Waals surface area contributed by atoms with E-state index in [4.69, 9.17) is 10.6 Å². The zero-order valence-electron chi connectivity index (χ0n) is 18.0. The molecule has 4 rings (SSSR count). The molecule has 1 unspecified atom stereocenters. The number of oxime groups is 1. The first kappa shape index (κ1) is 23.4. The molecule has 2 atom stereocenters. The Morgan fingerprint density at radius 3 is 2.82 bits per heavy atom. The van der Waals surface area contributed by atoms with Gasteiger partial charge in [-0.15, -0.1) is 23.1 Å². The number of nitrogen functional groups attached to an aromatic ring is 1. The van der Waals surface area contributed by atoms with Gasteiger partial charge in [0.05, 0.1) is 0 Å². The standard InChI is InChI=1S/C21H20N6O5S2/c1-32-25-14(13-11-34-21(22)23-13)17(28)24-15-18(29)27-16(20(30)31)12(10-33-19(15)27)6-5-9-26-7-3-2-4-8-26/h2-8,11,15,19H,9-10H2,1H3,(H3-,22,23,24,28,30,31)/p+1/b6-5+,25-14-/t15?,19-/m0/s1. The van der Waals surface area contributed by atoms with E-state index in [1.165, 1.54) is 23.8 Å². The van der Waals surface area contributed by atoms with Crippen molar-refractivity contribution >= 4 is 51.7 Å². The number of rotatable bonds is 8. The van der Waals surface area contributed by atoms with E-state index in [9.17, 15) is 19.5 Å². The Bertz CT molecular complexity index is 1210. The van der Waals surface area contributed by atoms with Crippen LogP contribution in [0.25, 0.3) is 0 Å². The van der Waals surface area contributed by atoms with Crippen LogP contribution in [0.4, 0.5) is 5.13 Å². The summed E-state index contributed by atoms with van der Waals surface area (Å²) in [6, 6.07) is 4.80. The van der Waals surface area contributed by atoms with Crippen LogP contribution in [0.5, 0.6) is 0 Å². The molecule has 176 valence electrons. The average molecular weight is 502 g/mol. The second-order valence-corrected chi connectivity index (χ2v) is 9.20. The second kappa shape index (κ2) is 10.1. The molecule has 0 bridgehead atoms. The maximum absolute atomic E-state index is 12.9. The van der Waals surface area contributed by atoms with Gasteiger partial charge in [0.2, 0.25) is 0 Å². The number of thioether (sulfide) groups is 1. The number of hydrogen-bond donors (Lipinski definition) is 3. The number of carbonyl (C=O) groups is 3. The molecular formula is C21H21N6O5S2+. The van der Waals surface area contributed by atoms with Gasteiger partial charge in [-0.25, -0.2) is 14.3 Å². The summed E-state index contributed by atoms with van der Waals surface area (Å²) in [5, 5.41) is 17.4. The molecule has 2 aliphatic rings. The third-order valence-electron chi connectivity index (χ3n) is 5.06. The van der Waals surface area contributed by atoms with Crippen molar-refractivity contribution in [3.8, 4) is 0 Å². The van der Waals surface area contributed by atoms with Gasteiger partial charge in [-0.3, -0.25) is 14.5 Å². The van der Waals surface area contributed by atoms with Gasteiger partial charge in [-0.05, 0) is 11.6 Å². The van der Waals surface area contributed by atoms with Gasteiger partial charge in [0.15, 0.2) is 29.8 Å². The Labute approximate surface area is 202 Å². The van der Waals surface area contributed by atoms with Gasteiger partial charge >= 0.3 is 5.97 Å². The lowest BCUT2D eigenvalue weighted by Crippen LogP contribution is -2.71. The van der Waals surface area contributed by atoms with Crippen LogP contribution in [-0.2, 0) is 25.8 Å². The number of nitrogens with zero attached hydrogens (tertiary/aromatic N) is 4. The number of carbonyl (C=O) groups excluding carboxylic acids is 2. The number of carboxylic acids is 1. The molecule has 0 aliphatic carbocycles. The van der Waals surface area contributed by atoms with Gasteiger partial charge in [-0.2, -0.15) is 0 Å². The van der Waals surface area contributed by atoms with Crippen molar-refractivity contribution in [3.05, 3.63) is 65.1 Å². The largest absolute Gasteiger partial charge is 0.477 e. The summed E-state index contributed by atoms with van der Waals surface area (Å²) in [6.45, 7) is 0.556. The molecule has 34 heavy (non-hydrogen) atoms. The summed E-state index contributed by atoms with van der Waals surface area (Å²) < 4.78 is 1.94. The van der Waals surface area contributed by atoms with Crippen LogP contribution in [0.2, 0.25) is 0 Å². The van der Waals surface area contributed by atoms with Crippen LogP contribution in [-0.4, -0.2) is 62.8 Å². The van der Waals surface area contributed by atoms with E-state index in [-0.39, 0.29) is 22.2 Å². The predicted molar refractivity (Wildman–Crippen MR) is 126 cm³/mol. The van der Waals surface area contributed by atoms with Crippen LogP contribution in [0, 0.1) is 0 Å². The minimum atomic E-state index is -1.20. The van der Waals surface area contributed by atoms with Crippen molar-refractivity contribution in [2.24, 2.45) is 5.16 Å². The second-order valence-electron chi connectivity index (χ2n) is 7.21. The summed E-state index contributed by atoms with van der Waals surface area (Å²) >= 11 is 2.51. The molecule has 2 aromatic rings. The monoisotopic (exact) mass is 501 g/mol. The van der Waals surface area contributed by atoms with E-state index in [2.05, 4.69) is 15.5 Å². The van der Waals surface area contributed by atoms with E-state index in [0.29, 0.717) is 17.9 Å². The molecule has 1 fully saturated rings. The van der Waals surface area contributed by atoms with Gasteiger partial charge in [0.25, 0.3) is 11.8 Å². The Morgan fingerprint density at radius 1 is 1.41 bits per heavy atom. The average Bonchev–Trinajstić information content (AvgIpc) is 3.26. The summed E-state index contributed by atoms with van der Waals surface area (Å²) in [5.74, 6) is -2.01. The minimum absolute atomic E-state index is 0.0772. The number of β-lactam (4-membered cyclic amide) rings is 1. The van der Waals surface area contributed by atoms with E-state index >= 15 is 0 Å². The SMILES string of the molecule is CO/N=C(\C(=O)NC1C(=O)N2C(C(=O)O)=C(/C=C/C[n+]3ccccc3)CS[C@@H]12)c1csc(N)n1. The molecule has 0 radical (unpaired) electrons. The van der Waals surface area contributed by atoms with Crippen molar-refractivity contribution in [2.45, 2.75) is 18.0 Å². The number of aliphatic carboxylic acids is 1.